The summed E-state index contributed by atoms with van der Waals surface area (Å²) in [5.41, 5.74) is -6.95. The van der Waals surface area contributed by atoms with Crippen LogP contribution in [0.5, 0.6) is 0 Å². The van der Waals surface area contributed by atoms with Crippen molar-refractivity contribution >= 4 is 11.7 Å². The first kappa shape index (κ1) is 42.7. The second-order valence-electron chi connectivity index (χ2n) is 21.5. The van der Waals surface area contributed by atoms with E-state index in [2.05, 4.69) is 29.4 Å². The molecular weight excluding hydrogens is 783 g/mol. The Morgan fingerprint density at radius 3 is 2.57 bits per heavy atom. The van der Waals surface area contributed by atoms with Crippen molar-refractivity contribution < 1.29 is 54.4 Å². The first-order valence-corrected chi connectivity index (χ1v) is 23.1. The number of ether oxygens (including phenoxy) is 3. The van der Waals surface area contributed by atoms with Gasteiger partial charge in [0.1, 0.15) is 17.8 Å². The van der Waals surface area contributed by atoms with Crippen molar-refractivity contribution in [1.82, 2.24) is 15.5 Å². The van der Waals surface area contributed by atoms with Gasteiger partial charge in [-0.2, -0.15) is 0 Å². The highest BCUT2D eigenvalue weighted by Crippen LogP contribution is 2.77. The molecule has 11 aliphatic rings. The van der Waals surface area contributed by atoms with Crippen molar-refractivity contribution in [3.8, 4) is 11.8 Å². The lowest BCUT2D eigenvalue weighted by molar-refractivity contribution is -0.345. The lowest BCUT2D eigenvalue weighted by Crippen LogP contribution is -2.71. The van der Waals surface area contributed by atoms with E-state index in [1.807, 2.05) is 13.0 Å². The Kier molecular flexibility index (Phi) is 9.88. The number of nitrogens with one attached hydrogen (secondary N) is 2. The van der Waals surface area contributed by atoms with Gasteiger partial charge in [0.15, 0.2) is 11.5 Å². The average molecular weight is 850 g/mol. The maximum Gasteiger partial charge on any atom is 0.240 e. The molecule has 6 fully saturated rings. The standard InChI is InChI=1S/C47H67N3O11/c1-25(51)22-48-23-31-34-29-12-15-45(55)39(34)61-38(31)47(57,58)43(4,54)33-20-26-9-10-30-36(52)32-21-28(60-19-7-18-59-5)11-14-41(32,2)44(17-16-42(33,3)46(26,56)37(30)44)13-6-8-27-24-50(27)40(53)35(29)49-45/h12,15,25-29,31-35,38-39,48-49,51,54-58H,7-11,14,16-24H2,1-5H3. The van der Waals surface area contributed by atoms with E-state index in [9.17, 15) is 35.4 Å². The van der Waals surface area contributed by atoms with E-state index in [0.717, 1.165) is 12.8 Å². The molecule has 0 spiro atoms. The number of aliphatic hydroxyl groups excluding tert-OH is 1. The van der Waals surface area contributed by atoms with Crippen molar-refractivity contribution in [3.05, 3.63) is 23.3 Å². The fourth-order valence-corrected chi connectivity index (χ4v) is 15.3. The molecule has 9 bridgehead atoms. The van der Waals surface area contributed by atoms with E-state index in [4.69, 9.17) is 14.2 Å². The lowest BCUT2D eigenvalue weighted by Gasteiger charge is -2.67. The zero-order chi connectivity index (χ0) is 43.3. The fraction of sp³-hybridized carbons (Fsp3) is 0.830. The van der Waals surface area contributed by atoms with Crippen LogP contribution in [0, 0.1) is 63.6 Å². The minimum atomic E-state index is -2.92. The number of aliphatic hydroxyl groups is 6. The van der Waals surface area contributed by atoms with Crippen LogP contribution in [0.15, 0.2) is 23.3 Å². The molecular formula is C47H67N3O11. The molecule has 1 amide bonds. The number of nitrogens with zero attached hydrogens (tertiary/aromatic N) is 1. The van der Waals surface area contributed by atoms with Gasteiger partial charge in [0.25, 0.3) is 0 Å². The summed E-state index contributed by atoms with van der Waals surface area (Å²) in [6.07, 6.45) is 5.54. The van der Waals surface area contributed by atoms with Crippen LogP contribution >= 0.6 is 0 Å². The van der Waals surface area contributed by atoms with Gasteiger partial charge in [-0.25, -0.2) is 0 Å². The predicted molar refractivity (Wildman–Crippen MR) is 220 cm³/mol. The monoisotopic (exact) mass is 849 g/mol. The van der Waals surface area contributed by atoms with E-state index < -0.39 is 92.9 Å². The number of carbonyl (C=O) groups excluding carboxylic acids is 2. The molecule has 18 atom stereocenters. The number of ketones is 1. The summed E-state index contributed by atoms with van der Waals surface area (Å²) >= 11 is 0. The Morgan fingerprint density at radius 1 is 1.03 bits per heavy atom. The quantitative estimate of drug-likeness (QED) is 0.0535. The number of amides is 1. The van der Waals surface area contributed by atoms with E-state index >= 15 is 4.79 Å². The van der Waals surface area contributed by atoms with Crippen molar-refractivity contribution in [2.24, 2.45) is 51.8 Å². The van der Waals surface area contributed by atoms with Gasteiger partial charge in [-0.3, -0.25) is 14.9 Å². The Labute approximate surface area is 358 Å². The number of hydrogen-bond acceptors (Lipinski definition) is 13. The Bertz CT molecular complexity index is 1980. The van der Waals surface area contributed by atoms with Gasteiger partial charge in [0, 0.05) is 81.4 Å². The van der Waals surface area contributed by atoms with Gasteiger partial charge in [0.05, 0.1) is 35.3 Å². The van der Waals surface area contributed by atoms with Gasteiger partial charge in [-0.15, -0.1) is 5.92 Å². The van der Waals surface area contributed by atoms with Crippen molar-refractivity contribution in [2.75, 3.05) is 40.0 Å². The van der Waals surface area contributed by atoms with Gasteiger partial charge in [-0.05, 0) is 100 Å². The number of allylic oxidation sites excluding steroid dienone is 1. The van der Waals surface area contributed by atoms with Gasteiger partial charge in [0.2, 0.25) is 11.7 Å². The van der Waals surface area contributed by atoms with E-state index in [1.54, 1.807) is 25.0 Å². The molecule has 18 unspecified atom stereocenters. The third-order valence-electron chi connectivity index (χ3n) is 18.6. The molecule has 5 heterocycles. The van der Waals surface area contributed by atoms with Crippen LogP contribution in [0.25, 0.3) is 0 Å². The van der Waals surface area contributed by atoms with Crippen molar-refractivity contribution in [1.29, 1.82) is 0 Å². The molecule has 0 aromatic rings. The highest BCUT2D eigenvalue weighted by Gasteiger charge is 2.80. The third-order valence-corrected chi connectivity index (χ3v) is 18.6. The molecule has 0 aromatic carbocycles. The summed E-state index contributed by atoms with van der Waals surface area (Å²) in [4.78, 5) is 31.4. The molecule has 14 nitrogen and oxygen atoms in total. The number of Topliss-reactive ketones (excluding diaryl/α,β-unsaturated/α-hetero) is 1. The number of methoxy groups -OCH3 is 1. The highest BCUT2D eigenvalue weighted by atomic mass is 16.6. The molecule has 61 heavy (non-hydrogen) atoms. The summed E-state index contributed by atoms with van der Waals surface area (Å²) in [5, 5.41) is 81.3. The minimum absolute atomic E-state index is 0.0494. The Hall–Kier alpha value is -2.26. The molecule has 3 saturated heterocycles. The predicted octanol–water partition coefficient (Wildman–Crippen LogP) is 0.908. The first-order chi connectivity index (χ1) is 28.8. The second kappa shape index (κ2) is 14.1. The van der Waals surface area contributed by atoms with Crippen LogP contribution in [0.3, 0.4) is 0 Å². The average Bonchev–Trinajstić information content (AvgIpc) is 3.79. The SMILES string of the molecule is COCCCOC1CCC2(C)C(C1)C(=O)C1=C3C24C#CCC2CN2C(=O)C2NC5(O)C=CC2C2C(CNCC(C)O)C(OC25)C(O)(O)C(C)(O)C2CC(CC1)C3(O)C2(C)CC4. The van der Waals surface area contributed by atoms with Gasteiger partial charge < -0.3 is 55.1 Å². The van der Waals surface area contributed by atoms with Crippen LogP contribution in [0.1, 0.15) is 91.9 Å². The first-order valence-electron chi connectivity index (χ1n) is 23.1. The van der Waals surface area contributed by atoms with E-state index in [1.165, 1.54) is 6.92 Å². The Balaban J connectivity index is 1.11. The summed E-state index contributed by atoms with van der Waals surface area (Å²) in [7, 11) is 1.67. The second-order valence-corrected chi connectivity index (χ2v) is 21.5. The largest absolute Gasteiger partial charge is 0.392 e. The molecule has 6 aliphatic carbocycles. The molecule has 3 saturated carbocycles. The molecule has 0 radical (unpaired) electrons. The van der Waals surface area contributed by atoms with Crippen LogP contribution < -0.4 is 10.6 Å². The summed E-state index contributed by atoms with van der Waals surface area (Å²) in [6, 6.07) is -0.964. The van der Waals surface area contributed by atoms with E-state index in [0.29, 0.717) is 75.9 Å². The summed E-state index contributed by atoms with van der Waals surface area (Å²) in [5.74, 6) is 0.951. The zero-order valence-electron chi connectivity index (χ0n) is 36.4. The molecule has 14 heteroatoms. The summed E-state index contributed by atoms with van der Waals surface area (Å²) in [6.45, 7) is 9.23. The zero-order valence-corrected chi connectivity index (χ0v) is 36.4. The van der Waals surface area contributed by atoms with Crippen LogP contribution in [0.2, 0.25) is 0 Å². The number of piperidine rings is 1. The Morgan fingerprint density at radius 2 is 1.82 bits per heavy atom. The minimum Gasteiger partial charge on any atom is -0.392 e. The van der Waals surface area contributed by atoms with Crippen LogP contribution in [-0.2, 0) is 23.8 Å². The molecule has 5 aliphatic heterocycles. The van der Waals surface area contributed by atoms with Crippen LogP contribution in [0.4, 0.5) is 0 Å². The van der Waals surface area contributed by atoms with Gasteiger partial charge >= 0.3 is 0 Å². The number of rotatable bonds is 9. The fourth-order valence-electron chi connectivity index (χ4n) is 15.3. The maximum absolute atomic E-state index is 15.1. The molecule has 0 aromatic heterocycles. The van der Waals surface area contributed by atoms with Crippen molar-refractivity contribution in [3.63, 3.8) is 0 Å². The third kappa shape index (κ3) is 5.62. The van der Waals surface area contributed by atoms with Crippen LogP contribution in [-0.4, -0.2) is 146 Å². The summed E-state index contributed by atoms with van der Waals surface area (Å²) < 4.78 is 18.2. The highest BCUT2D eigenvalue weighted by molar-refractivity contribution is 6.01. The van der Waals surface area contributed by atoms with E-state index in [-0.39, 0.29) is 49.3 Å². The normalized spacial score (nSPS) is 51.5. The lowest BCUT2D eigenvalue weighted by atomic mass is 9.37. The molecule has 11 rings (SSSR count). The maximum atomic E-state index is 15.1. The van der Waals surface area contributed by atoms with Crippen molar-refractivity contribution in [2.45, 2.75) is 151 Å². The molecule has 8 N–H and O–H groups in total. The number of fused-ring (bicyclic) bond motifs is 3. The topological polar surface area (TPSA) is 210 Å². The molecule has 336 valence electrons. The smallest absolute Gasteiger partial charge is 0.240 e. The number of hydrogen-bond donors (Lipinski definition) is 8. The number of carbonyl (C=O) groups is 2. The van der Waals surface area contributed by atoms with Gasteiger partial charge in [-0.1, -0.05) is 25.8 Å².